The van der Waals surface area contributed by atoms with Crippen LogP contribution >= 0.6 is 22.7 Å². The van der Waals surface area contributed by atoms with Crippen LogP contribution in [-0.2, 0) is 24.0 Å². The fraction of sp³-hybridized carbons (Fsp3) is 0.784. The van der Waals surface area contributed by atoms with Crippen LogP contribution in [0.15, 0.2) is 12.1 Å². The first-order valence-corrected chi connectivity index (χ1v) is 19.8. The van der Waals surface area contributed by atoms with Crippen molar-refractivity contribution in [2.45, 2.75) is 187 Å². The maximum Gasteiger partial charge on any atom is 0.505 e. The summed E-state index contributed by atoms with van der Waals surface area (Å²) >= 11 is 3.80. The van der Waals surface area contributed by atoms with Gasteiger partial charge < -0.3 is 18.6 Å². The summed E-state index contributed by atoms with van der Waals surface area (Å²) in [6.07, 6.45) is 18.2. The van der Waals surface area contributed by atoms with Gasteiger partial charge in [0.25, 0.3) is 0 Å². The van der Waals surface area contributed by atoms with Gasteiger partial charge in [-0.2, -0.15) is 0 Å². The van der Waals surface area contributed by atoms with Gasteiger partial charge in [0.05, 0.1) is 22.4 Å². The second-order valence-corrected chi connectivity index (χ2v) is 18.2. The van der Waals surface area contributed by atoms with Gasteiger partial charge in [-0.1, -0.05) is 90.9 Å². The highest BCUT2D eigenvalue weighted by Gasteiger charge is 2.56. The molecule has 8 heteroatoms. The average Bonchev–Trinajstić information content (AvgIpc) is 3.71. The monoisotopic (exact) mass is 654 g/mol. The number of hydrogen-bond donors (Lipinski definition) is 0. The molecule has 4 nitrogen and oxygen atoms in total. The molecular formula is C37H60B2O4S2. The van der Waals surface area contributed by atoms with Crippen molar-refractivity contribution in [3.8, 4) is 9.75 Å². The van der Waals surface area contributed by atoms with Gasteiger partial charge in [0.2, 0.25) is 0 Å². The highest BCUT2D eigenvalue weighted by molar-refractivity contribution is 7.31. The Kier molecular flexibility index (Phi) is 10.9. The highest BCUT2D eigenvalue weighted by Crippen LogP contribution is 2.58. The number of hydrogen-bond acceptors (Lipinski definition) is 6. The van der Waals surface area contributed by atoms with Crippen LogP contribution < -0.4 is 9.55 Å². The highest BCUT2D eigenvalue weighted by atomic mass is 32.1. The number of thiophene rings is 2. The van der Waals surface area contributed by atoms with E-state index in [1.807, 2.05) is 22.7 Å². The molecule has 2 fully saturated rings. The summed E-state index contributed by atoms with van der Waals surface area (Å²) in [5.41, 5.74) is 1.69. The summed E-state index contributed by atoms with van der Waals surface area (Å²) in [6.45, 7) is 21.9. The molecule has 2 aromatic heterocycles. The Balaban J connectivity index is 1.51. The molecule has 45 heavy (non-hydrogen) atoms. The van der Waals surface area contributed by atoms with Crippen molar-refractivity contribution in [2.75, 3.05) is 0 Å². The van der Waals surface area contributed by atoms with E-state index in [9.17, 15) is 0 Å². The molecule has 1 aliphatic carbocycles. The van der Waals surface area contributed by atoms with Gasteiger partial charge in [-0.3, -0.25) is 0 Å². The zero-order valence-corrected chi connectivity index (χ0v) is 31.8. The van der Waals surface area contributed by atoms with Gasteiger partial charge in [0.1, 0.15) is 0 Å². The Labute approximate surface area is 284 Å². The molecule has 0 bridgehead atoms. The molecule has 250 valence electrons. The predicted molar refractivity (Wildman–Crippen MR) is 196 cm³/mol. The third-order valence-electron chi connectivity index (χ3n) is 11.6. The van der Waals surface area contributed by atoms with Crippen molar-refractivity contribution in [1.29, 1.82) is 0 Å². The maximum absolute atomic E-state index is 6.60. The Bertz CT molecular complexity index is 1160. The van der Waals surface area contributed by atoms with E-state index in [0.29, 0.717) is 0 Å². The molecule has 5 rings (SSSR count). The minimum Gasteiger partial charge on any atom is -0.399 e. The van der Waals surface area contributed by atoms with Crippen molar-refractivity contribution >= 4 is 46.5 Å². The van der Waals surface area contributed by atoms with Crippen LogP contribution in [0.2, 0.25) is 0 Å². The van der Waals surface area contributed by atoms with Crippen LogP contribution in [0.3, 0.4) is 0 Å². The van der Waals surface area contributed by atoms with E-state index in [4.69, 9.17) is 18.6 Å². The summed E-state index contributed by atoms with van der Waals surface area (Å²) in [6, 6.07) is 4.97. The van der Waals surface area contributed by atoms with E-state index in [-0.39, 0.29) is 42.1 Å². The lowest BCUT2D eigenvalue weighted by Crippen LogP contribution is -2.41. The summed E-state index contributed by atoms with van der Waals surface area (Å²) in [5.74, 6) is 0. The van der Waals surface area contributed by atoms with E-state index in [0.717, 1.165) is 0 Å². The zero-order valence-electron chi connectivity index (χ0n) is 30.2. The van der Waals surface area contributed by atoms with Gasteiger partial charge in [0, 0.05) is 24.7 Å². The first-order chi connectivity index (χ1) is 21.2. The largest absolute Gasteiger partial charge is 0.505 e. The second kappa shape index (κ2) is 13.7. The smallest absolute Gasteiger partial charge is 0.399 e. The molecule has 2 aromatic rings. The molecule has 0 atom stereocenters. The third-order valence-corrected chi connectivity index (χ3v) is 14.1. The minimum absolute atomic E-state index is 0.0248. The molecule has 0 N–H and O–H groups in total. The van der Waals surface area contributed by atoms with E-state index in [2.05, 4.69) is 81.4 Å². The van der Waals surface area contributed by atoms with Gasteiger partial charge in [0.15, 0.2) is 0 Å². The molecule has 0 amide bonds. The summed E-state index contributed by atoms with van der Waals surface area (Å²) < 4.78 is 28.8. The van der Waals surface area contributed by atoms with E-state index in [1.54, 1.807) is 0 Å². The standard InChI is InChI=1S/C37H60B2O4S2/c1-11-13-15-17-19-21-23-37(24-22-20-18-16-14-12-2)27-25-29(38-40-33(3,4)34(5,6)41-38)44-31(27)32-28(37)26-30(45-32)39-42-35(7,8)36(9,10)43-39/h25-26H,11-24H2,1-10H3. The lowest BCUT2D eigenvalue weighted by Gasteiger charge is -2.32. The predicted octanol–water partition coefficient (Wildman–Crippen LogP) is 10.2. The van der Waals surface area contributed by atoms with Crippen LogP contribution in [-0.4, -0.2) is 36.6 Å². The molecule has 0 radical (unpaired) electrons. The maximum atomic E-state index is 6.60. The van der Waals surface area contributed by atoms with Gasteiger partial charge >= 0.3 is 14.2 Å². The first kappa shape index (κ1) is 35.7. The Morgan fingerprint density at radius 3 is 1.13 bits per heavy atom. The second-order valence-electron chi connectivity index (χ2n) is 16.1. The molecular weight excluding hydrogens is 594 g/mol. The van der Waals surface area contributed by atoms with E-state index >= 15 is 0 Å². The topological polar surface area (TPSA) is 36.9 Å². The number of rotatable bonds is 16. The van der Waals surface area contributed by atoms with Crippen molar-refractivity contribution in [1.82, 2.24) is 0 Å². The number of unbranched alkanes of at least 4 members (excludes halogenated alkanes) is 10. The van der Waals surface area contributed by atoms with Gasteiger partial charge in [-0.25, -0.2) is 0 Å². The Morgan fingerprint density at radius 1 is 0.489 bits per heavy atom. The quantitative estimate of drug-likeness (QED) is 0.133. The Morgan fingerprint density at radius 2 is 0.800 bits per heavy atom. The first-order valence-electron chi connectivity index (χ1n) is 18.2. The molecule has 4 heterocycles. The van der Waals surface area contributed by atoms with Crippen LogP contribution in [0.1, 0.15) is 170 Å². The Hall–Kier alpha value is -0.630. The normalized spacial score (nSPS) is 21.9. The molecule has 2 saturated heterocycles. The van der Waals surface area contributed by atoms with Crippen LogP contribution in [0.5, 0.6) is 0 Å². The van der Waals surface area contributed by atoms with Crippen LogP contribution in [0, 0.1) is 0 Å². The third kappa shape index (κ3) is 6.95. The minimum atomic E-state index is -0.349. The summed E-state index contributed by atoms with van der Waals surface area (Å²) in [7, 11) is -0.644. The summed E-state index contributed by atoms with van der Waals surface area (Å²) in [4.78, 5) is 2.86. The van der Waals surface area contributed by atoms with Crippen molar-refractivity contribution in [3.05, 3.63) is 23.3 Å². The van der Waals surface area contributed by atoms with E-state index in [1.165, 1.54) is 120 Å². The molecule has 0 spiro atoms. The molecule has 0 unspecified atom stereocenters. The zero-order chi connectivity index (χ0) is 32.7. The molecule has 3 aliphatic rings. The van der Waals surface area contributed by atoms with Crippen molar-refractivity contribution in [2.24, 2.45) is 0 Å². The molecule has 0 aromatic carbocycles. The molecule has 2 aliphatic heterocycles. The van der Waals surface area contributed by atoms with Crippen LogP contribution in [0.4, 0.5) is 0 Å². The van der Waals surface area contributed by atoms with Crippen molar-refractivity contribution in [3.63, 3.8) is 0 Å². The van der Waals surface area contributed by atoms with Gasteiger partial charge in [-0.05, 0) is 91.5 Å². The van der Waals surface area contributed by atoms with Crippen LogP contribution in [0.25, 0.3) is 9.75 Å². The van der Waals surface area contributed by atoms with E-state index < -0.39 is 0 Å². The average molecular weight is 655 g/mol. The van der Waals surface area contributed by atoms with Crippen molar-refractivity contribution < 1.29 is 18.6 Å². The number of fused-ring (bicyclic) bond motifs is 3. The molecule has 0 saturated carbocycles. The fourth-order valence-electron chi connectivity index (χ4n) is 7.24. The lowest BCUT2D eigenvalue weighted by atomic mass is 9.70. The lowest BCUT2D eigenvalue weighted by molar-refractivity contribution is 0.00578. The summed E-state index contributed by atoms with van der Waals surface area (Å²) in [5, 5.41) is 0. The fourth-order valence-corrected chi connectivity index (χ4v) is 9.84. The SMILES string of the molecule is CCCCCCCCC1(CCCCCCCC)c2cc(B3OC(C)(C)C(C)(C)O3)sc2-c2sc(B3OC(C)(C)C(C)(C)O3)cc21. The van der Waals surface area contributed by atoms with Gasteiger partial charge in [-0.15, -0.1) is 22.7 Å².